The van der Waals surface area contributed by atoms with E-state index in [1.165, 1.54) is 75.9 Å². The molecule has 1 saturated carbocycles. The highest BCUT2D eigenvalue weighted by molar-refractivity contribution is 5.86. The summed E-state index contributed by atoms with van der Waals surface area (Å²) >= 11 is 0. The minimum Gasteiger partial charge on any atom is -0.201 e. The molecule has 2 aliphatic carbocycles. The van der Waals surface area contributed by atoms with Crippen LogP contribution in [-0.2, 0) is 13.5 Å². The Kier molecular flexibility index (Phi) is 4.84. The van der Waals surface area contributed by atoms with Crippen molar-refractivity contribution in [1.29, 1.82) is 0 Å². The van der Waals surface area contributed by atoms with Crippen LogP contribution in [-0.4, -0.2) is 0 Å². The highest BCUT2D eigenvalue weighted by Crippen LogP contribution is 2.45. The molecule has 0 atom stereocenters. The number of fused-ring (bicyclic) bond motifs is 3. The second-order valence-corrected chi connectivity index (χ2v) is 10.9. The maximum atomic E-state index is 2.47. The summed E-state index contributed by atoms with van der Waals surface area (Å²) in [5.74, 6) is 0.711. The zero-order chi connectivity index (χ0) is 21.9. The van der Waals surface area contributed by atoms with Crippen LogP contribution in [0.15, 0.2) is 42.6 Å². The van der Waals surface area contributed by atoms with E-state index in [1.54, 1.807) is 5.56 Å². The molecular weight excluding hydrogens is 374 g/mol. The van der Waals surface area contributed by atoms with E-state index in [1.807, 2.05) is 0 Å². The molecule has 0 saturated heterocycles. The molecule has 2 aliphatic rings. The van der Waals surface area contributed by atoms with Gasteiger partial charge >= 0.3 is 0 Å². The van der Waals surface area contributed by atoms with Gasteiger partial charge in [-0.2, -0.15) is 0 Å². The van der Waals surface area contributed by atoms with E-state index in [9.17, 15) is 0 Å². The highest BCUT2D eigenvalue weighted by Gasteiger charge is 2.31. The Hall–Kier alpha value is -2.41. The molecule has 0 unspecified atom stereocenters. The standard InChI is InChI=1S/C30H36N/c1-19-8-7-9-23-17-25-24(28(19)23)11-10-20(2)29(25)27-16-21(3)26(18-31(27)6)22-12-14-30(4,5)15-13-22/h7-11,16,18,22H,12-15,17H2,1-6H3/q+1. The molecule has 1 heterocycles. The fourth-order valence-electron chi connectivity index (χ4n) is 6.15. The molecule has 0 radical (unpaired) electrons. The van der Waals surface area contributed by atoms with Gasteiger partial charge in [-0.25, -0.2) is 4.57 Å². The Morgan fingerprint density at radius 1 is 0.871 bits per heavy atom. The van der Waals surface area contributed by atoms with E-state index >= 15 is 0 Å². The topological polar surface area (TPSA) is 3.88 Å². The van der Waals surface area contributed by atoms with Crippen molar-refractivity contribution >= 4 is 0 Å². The van der Waals surface area contributed by atoms with Gasteiger partial charge < -0.3 is 0 Å². The second kappa shape index (κ2) is 7.33. The maximum Gasteiger partial charge on any atom is 0.213 e. The quantitative estimate of drug-likeness (QED) is 0.304. The zero-order valence-electron chi connectivity index (χ0n) is 20.1. The Labute approximate surface area is 188 Å². The molecule has 1 fully saturated rings. The van der Waals surface area contributed by atoms with Crippen LogP contribution in [0.4, 0.5) is 0 Å². The number of aromatic nitrogens is 1. The van der Waals surface area contributed by atoms with Crippen molar-refractivity contribution in [1.82, 2.24) is 0 Å². The molecule has 5 rings (SSSR count). The third-order valence-corrected chi connectivity index (χ3v) is 8.07. The van der Waals surface area contributed by atoms with E-state index in [2.05, 4.69) is 88.8 Å². The first-order chi connectivity index (χ1) is 14.7. The van der Waals surface area contributed by atoms with Crippen LogP contribution in [0, 0.1) is 26.2 Å². The first kappa shape index (κ1) is 20.5. The fraction of sp³-hybridized carbons (Fsp3) is 0.433. The van der Waals surface area contributed by atoms with Crippen LogP contribution in [0.2, 0.25) is 0 Å². The van der Waals surface area contributed by atoms with Crippen LogP contribution in [0.25, 0.3) is 22.4 Å². The summed E-state index contributed by atoms with van der Waals surface area (Å²) < 4.78 is 2.40. The summed E-state index contributed by atoms with van der Waals surface area (Å²) in [6.45, 7) is 11.7. The summed E-state index contributed by atoms with van der Waals surface area (Å²) in [5, 5.41) is 0. The summed E-state index contributed by atoms with van der Waals surface area (Å²) in [5.41, 5.74) is 15.0. The number of benzene rings is 2. The average molecular weight is 411 g/mol. The van der Waals surface area contributed by atoms with Crippen molar-refractivity contribution in [2.24, 2.45) is 12.5 Å². The molecule has 0 N–H and O–H groups in total. The lowest BCUT2D eigenvalue weighted by atomic mass is 9.71. The molecule has 0 amide bonds. The van der Waals surface area contributed by atoms with Gasteiger partial charge in [-0.15, -0.1) is 0 Å². The van der Waals surface area contributed by atoms with Crippen molar-refractivity contribution < 1.29 is 4.57 Å². The third kappa shape index (κ3) is 3.43. The molecule has 31 heavy (non-hydrogen) atoms. The lowest BCUT2D eigenvalue weighted by Gasteiger charge is -2.34. The first-order valence-electron chi connectivity index (χ1n) is 12.0. The monoisotopic (exact) mass is 410 g/mol. The van der Waals surface area contributed by atoms with Crippen molar-refractivity contribution in [3.8, 4) is 22.4 Å². The summed E-state index contributed by atoms with van der Waals surface area (Å²) in [4.78, 5) is 0. The Balaban J connectivity index is 1.59. The normalized spacial score (nSPS) is 17.5. The van der Waals surface area contributed by atoms with E-state index in [0.29, 0.717) is 11.3 Å². The second-order valence-electron chi connectivity index (χ2n) is 10.9. The van der Waals surface area contributed by atoms with Gasteiger partial charge in [0, 0.05) is 11.6 Å². The van der Waals surface area contributed by atoms with Crippen LogP contribution < -0.4 is 4.57 Å². The molecule has 0 aliphatic heterocycles. The molecule has 160 valence electrons. The van der Waals surface area contributed by atoms with Gasteiger partial charge in [0.25, 0.3) is 0 Å². The molecule has 0 bridgehead atoms. The number of aryl methyl sites for hydroxylation is 4. The molecule has 3 aromatic rings. The number of hydrogen-bond donors (Lipinski definition) is 0. The third-order valence-electron chi connectivity index (χ3n) is 8.07. The fourth-order valence-corrected chi connectivity index (χ4v) is 6.15. The van der Waals surface area contributed by atoms with Crippen molar-refractivity contribution in [2.75, 3.05) is 0 Å². The van der Waals surface area contributed by atoms with Gasteiger partial charge in [0.2, 0.25) is 5.69 Å². The minimum absolute atomic E-state index is 0.515. The lowest BCUT2D eigenvalue weighted by molar-refractivity contribution is -0.661. The number of rotatable bonds is 2. The van der Waals surface area contributed by atoms with Gasteiger partial charge in [0.1, 0.15) is 7.05 Å². The summed E-state index contributed by atoms with van der Waals surface area (Å²) in [7, 11) is 2.25. The predicted octanol–water partition coefficient (Wildman–Crippen LogP) is 7.36. The maximum absolute atomic E-state index is 2.47. The molecule has 1 aromatic heterocycles. The van der Waals surface area contributed by atoms with Crippen molar-refractivity contribution in [3.63, 3.8) is 0 Å². The van der Waals surface area contributed by atoms with Crippen molar-refractivity contribution in [3.05, 3.63) is 76.0 Å². The van der Waals surface area contributed by atoms with Crippen LogP contribution >= 0.6 is 0 Å². The van der Waals surface area contributed by atoms with Crippen molar-refractivity contribution in [2.45, 2.75) is 72.6 Å². The van der Waals surface area contributed by atoms with E-state index < -0.39 is 0 Å². The zero-order valence-corrected chi connectivity index (χ0v) is 20.1. The predicted molar refractivity (Wildman–Crippen MR) is 130 cm³/mol. The number of pyridine rings is 1. The molecule has 0 spiro atoms. The van der Waals surface area contributed by atoms with Gasteiger partial charge in [0.15, 0.2) is 6.20 Å². The Bertz CT molecular complexity index is 1170. The average Bonchev–Trinajstić information content (AvgIpc) is 3.10. The SMILES string of the molecule is Cc1cc(-c2c(C)ccc3c2Cc2cccc(C)c2-3)[n+](C)cc1C1CCC(C)(C)CC1. The summed E-state index contributed by atoms with van der Waals surface area (Å²) in [6, 6.07) is 13.9. The molecule has 1 nitrogen and oxygen atoms in total. The molecule has 1 heteroatoms. The number of nitrogens with zero attached hydrogens (tertiary/aromatic N) is 1. The lowest BCUT2D eigenvalue weighted by Crippen LogP contribution is -2.33. The molecule has 2 aromatic carbocycles. The molecular formula is C30H36N+. The Morgan fingerprint density at radius 3 is 2.32 bits per heavy atom. The van der Waals surface area contributed by atoms with Crippen LogP contribution in [0.5, 0.6) is 0 Å². The van der Waals surface area contributed by atoms with E-state index in [4.69, 9.17) is 0 Å². The minimum atomic E-state index is 0.515. The largest absolute Gasteiger partial charge is 0.213 e. The summed E-state index contributed by atoms with van der Waals surface area (Å²) in [6.07, 6.45) is 8.81. The van der Waals surface area contributed by atoms with Crippen LogP contribution in [0.1, 0.15) is 78.8 Å². The van der Waals surface area contributed by atoms with Gasteiger partial charge in [-0.05, 0) is 103 Å². The van der Waals surface area contributed by atoms with Gasteiger partial charge in [0.05, 0.1) is 5.56 Å². The van der Waals surface area contributed by atoms with E-state index in [-0.39, 0.29) is 0 Å². The highest BCUT2D eigenvalue weighted by atomic mass is 14.9. The van der Waals surface area contributed by atoms with E-state index in [0.717, 1.165) is 6.42 Å². The van der Waals surface area contributed by atoms with Gasteiger partial charge in [-0.3, -0.25) is 0 Å². The smallest absolute Gasteiger partial charge is 0.201 e. The number of hydrogen-bond acceptors (Lipinski definition) is 0. The van der Waals surface area contributed by atoms with Gasteiger partial charge in [-0.1, -0.05) is 44.2 Å². The van der Waals surface area contributed by atoms with Crippen LogP contribution in [0.3, 0.4) is 0 Å². The first-order valence-corrected chi connectivity index (χ1v) is 12.0. The Morgan fingerprint density at radius 2 is 1.58 bits per heavy atom.